The van der Waals surface area contributed by atoms with Crippen molar-refractivity contribution in [2.75, 3.05) is 5.32 Å². The van der Waals surface area contributed by atoms with E-state index in [0.29, 0.717) is 30.2 Å². The van der Waals surface area contributed by atoms with Crippen molar-refractivity contribution in [1.82, 2.24) is 18.7 Å². The van der Waals surface area contributed by atoms with Crippen LogP contribution in [0.5, 0.6) is 0 Å². The largest absolute Gasteiger partial charge is 0.351 e. The van der Waals surface area contributed by atoms with Gasteiger partial charge in [-0.2, -0.15) is 4.98 Å². The molecule has 0 aliphatic heterocycles. The van der Waals surface area contributed by atoms with Crippen molar-refractivity contribution in [2.24, 2.45) is 14.1 Å². The van der Waals surface area contributed by atoms with Crippen LogP contribution < -0.4 is 16.6 Å². The second kappa shape index (κ2) is 7.71. The minimum absolute atomic E-state index is 0.361. The van der Waals surface area contributed by atoms with Gasteiger partial charge in [-0.25, -0.2) is 4.79 Å². The molecule has 29 heavy (non-hydrogen) atoms. The highest BCUT2D eigenvalue weighted by atomic mass is 79.9. The number of halogens is 1. The van der Waals surface area contributed by atoms with Crippen molar-refractivity contribution < 1.29 is 0 Å². The first-order valence-corrected chi connectivity index (χ1v) is 9.93. The van der Waals surface area contributed by atoms with E-state index in [0.717, 1.165) is 20.2 Å². The Morgan fingerprint density at radius 1 is 0.931 bits per heavy atom. The van der Waals surface area contributed by atoms with Gasteiger partial charge in [0.1, 0.15) is 0 Å². The van der Waals surface area contributed by atoms with Crippen LogP contribution in [0.1, 0.15) is 11.1 Å². The standard InChI is InChI=1S/C21H20BrN5O2/c1-25-18-17(19(28)26(2)21(25)29)27(13-15-8-10-16(22)11-9-15)20(24-18)23-12-14-6-4-3-5-7-14/h3-11H,12-13H2,1-2H3,(H,23,24). The monoisotopic (exact) mass is 453 g/mol. The molecular weight excluding hydrogens is 434 g/mol. The minimum atomic E-state index is -0.398. The van der Waals surface area contributed by atoms with Gasteiger partial charge >= 0.3 is 5.69 Å². The molecule has 0 unspecified atom stereocenters. The van der Waals surface area contributed by atoms with Crippen LogP contribution in [-0.2, 0) is 27.2 Å². The molecule has 0 fully saturated rings. The van der Waals surface area contributed by atoms with E-state index >= 15 is 0 Å². The molecule has 0 spiro atoms. The van der Waals surface area contributed by atoms with Crippen LogP contribution in [0.4, 0.5) is 5.95 Å². The molecule has 0 bridgehead atoms. The Bertz CT molecular complexity index is 1290. The first kappa shape index (κ1) is 19.2. The third kappa shape index (κ3) is 3.63. The van der Waals surface area contributed by atoms with Crippen LogP contribution in [0, 0.1) is 0 Å². The summed E-state index contributed by atoms with van der Waals surface area (Å²) in [6.45, 7) is 1.01. The fraction of sp³-hybridized carbons (Fsp3) is 0.190. The zero-order valence-electron chi connectivity index (χ0n) is 16.1. The SMILES string of the molecule is Cn1c(=O)c2c(nc(NCc3ccccc3)n2Cc2ccc(Br)cc2)n(C)c1=O. The van der Waals surface area contributed by atoms with Gasteiger partial charge in [-0.15, -0.1) is 0 Å². The molecule has 7 nitrogen and oxygen atoms in total. The molecule has 0 aliphatic rings. The summed E-state index contributed by atoms with van der Waals surface area (Å²) in [6.07, 6.45) is 0. The fourth-order valence-electron chi connectivity index (χ4n) is 3.28. The molecular formula is C21H20BrN5O2. The van der Waals surface area contributed by atoms with Gasteiger partial charge in [0, 0.05) is 25.1 Å². The number of fused-ring (bicyclic) bond motifs is 1. The Morgan fingerprint density at radius 2 is 1.62 bits per heavy atom. The highest BCUT2D eigenvalue weighted by Gasteiger charge is 2.19. The second-order valence-corrected chi connectivity index (χ2v) is 7.78. The van der Waals surface area contributed by atoms with Gasteiger partial charge in [-0.05, 0) is 23.3 Å². The topological polar surface area (TPSA) is 73.8 Å². The Balaban J connectivity index is 1.85. The Morgan fingerprint density at radius 3 is 2.31 bits per heavy atom. The Hall–Kier alpha value is -3.13. The molecule has 0 saturated heterocycles. The van der Waals surface area contributed by atoms with Gasteiger partial charge in [0.25, 0.3) is 5.56 Å². The van der Waals surface area contributed by atoms with E-state index < -0.39 is 5.69 Å². The molecule has 2 aromatic carbocycles. The maximum Gasteiger partial charge on any atom is 0.332 e. The number of benzene rings is 2. The van der Waals surface area contributed by atoms with Crippen LogP contribution in [-0.4, -0.2) is 18.7 Å². The van der Waals surface area contributed by atoms with Crippen molar-refractivity contribution in [3.63, 3.8) is 0 Å². The average molecular weight is 454 g/mol. The smallest absolute Gasteiger partial charge is 0.332 e. The first-order chi connectivity index (χ1) is 14.0. The number of rotatable bonds is 5. The van der Waals surface area contributed by atoms with Crippen molar-refractivity contribution in [3.05, 3.63) is 91.0 Å². The van der Waals surface area contributed by atoms with E-state index in [4.69, 9.17) is 0 Å². The summed E-state index contributed by atoms with van der Waals surface area (Å²) in [5.41, 5.74) is 2.12. The van der Waals surface area contributed by atoms with Crippen molar-refractivity contribution in [2.45, 2.75) is 13.1 Å². The molecule has 8 heteroatoms. The van der Waals surface area contributed by atoms with E-state index in [-0.39, 0.29) is 5.56 Å². The summed E-state index contributed by atoms with van der Waals surface area (Å²) in [4.78, 5) is 29.9. The lowest BCUT2D eigenvalue weighted by molar-refractivity contribution is 0.702. The second-order valence-electron chi connectivity index (χ2n) is 6.87. The van der Waals surface area contributed by atoms with Gasteiger partial charge in [0.05, 0.1) is 6.54 Å². The lowest BCUT2D eigenvalue weighted by Crippen LogP contribution is -2.37. The van der Waals surface area contributed by atoms with E-state index in [2.05, 4.69) is 26.2 Å². The van der Waals surface area contributed by atoms with Crippen molar-refractivity contribution >= 4 is 33.0 Å². The number of aryl methyl sites for hydroxylation is 1. The summed E-state index contributed by atoms with van der Waals surface area (Å²) in [5, 5.41) is 3.32. The van der Waals surface area contributed by atoms with Gasteiger partial charge in [0.15, 0.2) is 11.2 Å². The normalized spacial score (nSPS) is 11.1. The van der Waals surface area contributed by atoms with Crippen LogP contribution >= 0.6 is 15.9 Å². The molecule has 2 aromatic heterocycles. The van der Waals surface area contributed by atoms with Crippen LogP contribution in [0.25, 0.3) is 11.2 Å². The molecule has 1 N–H and O–H groups in total. The van der Waals surface area contributed by atoms with Crippen molar-refractivity contribution in [3.8, 4) is 0 Å². The summed E-state index contributed by atoms with van der Waals surface area (Å²) in [7, 11) is 3.11. The van der Waals surface area contributed by atoms with Gasteiger partial charge in [-0.3, -0.25) is 18.5 Å². The molecule has 0 saturated carbocycles. The number of nitrogens with zero attached hydrogens (tertiary/aromatic N) is 4. The molecule has 0 amide bonds. The number of nitrogens with one attached hydrogen (secondary N) is 1. The molecule has 2 heterocycles. The minimum Gasteiger partial charge on any atom is -0.351 e. The van der Waals surface area contributed by atoms with Crippen LogP contribution in [0.2, 0.25) is 0 Å². The maximum absolute atomic E-state index is 12.9. The number of imidazole rings is 1. The molecule has 4 rings (SSSR count). The zero-order valence-corrected chi connectivity index (χ0v) is 17.7. The van der Waals surface area contributed by atoms with E-state index in [9.17, 15) is 9.59 Å². The van der Waals surface area contributed by atoms with E-state index in [1.54, 1.807) is 7.05 Å². The van der Waals surface area contributed by atoms with E-state index in [1.165, 1.54) is 11.6 Å². The Kier molecular flexibility index (Phi) is 5.10. The predicted molar refractivity (Wildman–Crippen MR) is 117 cm³/mol. The fourth-order valence-corrected chi connectivity index (χ4v) is 3.55. The third-order valence-electron chi connectivity index (χ3n) is 4.90. The quantitative estimate of drug-likeness (QED) is 0.504. The summed E-state index contributed by atoms with van der Waals surface area (Å²) >= 11 is 3.44. The summed E-state index contributed by atoms with van der Waals surface area (Å²) in [5.74, 6) is 0.546. The molecule has 0 atom stereocenters. The molecule has 4 aromatic rings. The number of hydrogen-bond donors (Lipinski definition) is 1. The highest BCUT2D eigenvalue weighted by molar-refractivity contribution is 9.10. The third-order valence-corrected chi connectivity index (χ3v) is 5.42. The average Bonchev–Trinajstić information content (AvgIpc) is 3.10. The van der Waals surface area contributed by atoms with Gasteiger partial charge in [0.2, 0.25) is 5.95 Å². The van der Waals surface area contributed by atoms with Gasteiger partial charge in [-0.1, -0.05) is 58.4 Å². The van der Waals surface area contributed by atoms with Crippen molar-refractivity contribution in [1.29, 1.82) is 0 Å². The molecule has 0 aliphatic carbocycles. The summed E-state index contributed by atoms with van der Waals surface area (Å²) < 4.78 is 5.34. The molecule has 0 radical (unpaired) electrons. The zero-order chi connectivity index (χ0) is 20.5. The maximum atomic E-state index is 12.9. The van der Waals surface area contributed by atoms with Crippen LogP contribution in [0.15, 0.2) is 68.7 Å². The van der Waals surface area contributed by atoms with Gasteiger partial charge < -0.3 is 5.32 Å². The Labute approximate surface area is 175 Å². The predicted octanol–water partition coefficient (Wildman–Crippen LogP) is 2.86. The lowest BCUT2D eigenvalue weighted by atomic mass is 10.2. The number of hydrogen-bond acceptors (Lipinski definition) is 4. The van der Waals surface area contributed by atoms with Crippen LogP contribution in [0.3, 0.4) is 0 Å². The first-order valence-electron chi connectivity index (χ1n) is 9.14. The molecule has 148 valence electrons. The summed E-state index contributed by atoms with van der Waals surface area (Å²) in [6, 6.07) is 17.8. The van der Waals surface area contributed by atoms with E-state index in [1.807, 2.05) is 59.2 Å². The number of anilines is 1. The number of aromatic nitrogens is 4. The highest BCUT2D eigenvalue weighted by Crippen LogP contribution is 2.20. The lowest BCUT2D eigenvalue weighted by Gasteiger charge is -2.11.